The van der Waals surface area contributed by atoms with E-state index < -0.39 is 17.9 Å². The Morgan fingerprint density at radius 1 is 0.536 bits per heavy atom. The molecule has 0 bridgehead atoms. The molecule has 0 aromatic carbocycles. The summed E-state index contributed by atoms with van der Waals surface area (Å²) in [6, 6.07) is 0. The predicted octanol–water partition coefficient (Wildman–Crippen LogP) is -0.800. The number of carbonyl (C=O) groups is 3. The number of methoxy groups -OCH3 is 3. The van der Waals surface area contributed by atoms with Crippen molar-refractivity contribution in [2.75, 3.05) is 80.8 Å². The first kappa shape index (κ1) is 34.8. The Morgan fingerprint density at radius 2 is 0.750 bits per heavy atom. The third-order valence-electron chi connectivity index (χ3n) is 1.97. The summed E-state index contributed by atoms with van der Waals surface area (Å²) >= 11 is 0. The van der Waals surface area contributed by atoms with Gasteiger partial charge in [-0.25, -0.2) is 14.4 Å². The van der Waals surface area contributed by atoms with Gasteiger partial charge in [-0.3, -0.25) is 0 Å². The molecule has 0 saturated carbocycles. The molecule has 0 aliphatic rings. The van der Waals surface area contributed by atoms with Crippen LogP contribution in [0.25, 0.3) is 0 Å². The van der Waals surface area contributed by atoms with Crippen molar-refractivity contribution >= 4 is 17.9 Å². The molecule has 0 aliphatic heterocycles. The maximum Gasteiger partial charge on any atom is 0.329 e. The van der Waals surface area contributed by atoms with E-state index in [1.807, 2.05) is 0 Å². The van der Waals surface area contributed by atoms with Gasteiger partial charge in [-0.15, -0.1) is 0 Å². The average molecular weight is 491 g/mol. The van der Waals surface area contributed by atoms with Gasteiger partial charge in [-0.05, 0) is 0 Å². The van der Waals surface area contributed by atoms with Gasteiger partial charge in [0.05, 0.1) is 39.6 Å². The normalized spacial score (nSPS) is 9.11. The minimum atomic E-state index is -0.953. The predicted molar refractivity (Wildman–Crippen MR) is 91.0 cm³/mol. The number of carboxylic acids is 3. The molecule has 0 saturated heterocycles. The van der Waals surface area contributed by atoms with Crippen LogP contribution in [-0.2, 0) is 75.5 Å². The Bertz CT molecular complexity index is 302. The van der Waals surface area contributed by atoms with Crippen LogP contribution < -0.4 is 0 Å². The molecule has 0 aliphatic carbocycles. The molecular weight excluding hydrogens is 461 g/mol. The van der Waals surface area contributed by atoms with Crippen LogP contribution in [0.15, 0.2) is 0 Å². The van der Waals surface area contributed by atoms with E-state index in [1.165, 1.54) is 21.3 Å². The van der Waals surface area contributed by atoms with E-state index >= 15 is 0 Å². The van der Waals surface area contributed by atoms with E-state index in [0.29, 0.717) is 39.6 Å². The molecule has 13 heteroatoms. The fourth-order valence-electron chi connectivity index (χ4n) is 0.905. The molecule has 12 nitrogen and oxygen atoms in total. The summed E-state index contributed by atoms with van der Waals surface area (Å²) < 4.78 is 27.6. The molecule has 0 rings (SSSR count). The van der Waals surface area contributed by atoms with E-state index in [9.17, 15) is 14.4 Å². The molecule has 165 valence electrons. The summed E-state index contributed by atoms with van der Waals surface area (Å²) in [5, 5.41) is 24.1. The van der Waals surface area contributed by atoms with Gasteiger partial charge in [-0.2, -0.15) is 0 Å². The largest absolute Gasteiger partial charge is 0.480 e. The molecule has 1 radical (unpaired) electrons. The van der Waals surface area contributed by atoms with Gasteiger partial charge < -0.3 is 43.7 Å². The van der Waals surface area contributed by atoms with Gasteiger partial charge in [0, 0.05) is 54.0 Å². The molecule has 0 spiro atoms. The van der Waals surface area contributed by atoms with E-state index in [0.717, 1.165) is 0 Å². The smallest absolute Gasteiger partial charge is 0.329 e. The summed E-state index contributed by atoms with van der Waals surface area (Å²) in [7, 11) is 4.60. The minimum Gasteiger partial charge on any atom is -0.480 e. The second kappa shape index (κ2) is 31.0. The number of rotatable bonds is 15. The fourth-order valence-corrected chi connectivity index (χ4v) is 0.905. The van der Waals surface area contributed by atoms with Gasteiger partial charge >= 0.3 is 17.9 Å². The summed E-state index contributed by atoms with van der Waals surface area (Å²) in [4.78, 5) is 29.4. The van der Waals surface area contributed by atoms with Crippen molar-refractivity contribution in [1.29, 1.82) is 0 Å². The number of hydrogen-bond acceptors (Lipinski definition) is 9. The van der Waals surface area contributed by atoms with Crippen molar-refractivity contribution < 1.29 is 90.8 Å². The van der Waals surface area contributed by atoms with Crippen LogP contribution in [0.1, 0.15) is 0 Å². The Hall–Kier alpha value is -0.726. The van der Waals surface area contributed by atoms with E-state index in [-0.39, 0.29) is 52.5 Å². The maximum atomic E-state index is 9.80. The zero-order valence-electron chi connectivity index (χ0n) is 16.5. The third-order valence-corrected chi connectivity index (χ3v) is 1.97. The Labute approximate surface area is 189 Å². The molecule has 28 heavy (non-hydrogen) atoms. The van der Waals surface area contributed by atoms with Gasteiger partial charge in [-0.1, -0.05) is 0 Å². The molecule has 0 aromatic rings. The van der Waals surface area contributed by atoms with Crippen molar-refractivity contribution in [3.63, 3.8) is 0 Å². The second-order valence-electron chi connectivity index (χ2n) is 4.32. The summed E-state index contributed by atoms with van der Waals surface area (Å²) in [5.41, 5.74) is 0. The van der Waals surface area contributed by atoms with Crippen LogP contribution in [0.3, 0.4) is 0 Å². The first-order valence-electron chi connectivity index (χ1n) is 7.67. The van der Waals surface area contributed by atoms with Crippen LogP contribution in [0.2, 0.25) is 0 Å². The molecule has 0 unspecified atom stereocenters. The minimum absolute atomic E-state index is 0. The molecule has 0 atom stereocenters. The van der Waals surface area contributed by atoms with E-state index in [4.69, 9.17) is 15.3 Å². The first-order chi connectivity index (χ1) is 12.8. The van der Waals surface area contributed by atoms with Gasteiger partial charge in [0.1, 0.15) is 19.8 Å². The zero-order valence-corrected chi connectivity index (χ0v) is 19.3. The van der Waals surface area contributed by atoms with Gasteiger partial charge in [0.2, 0.25) is 0 Å². The van der Waals surface area contributed by atoms with Gasteiger partial charge in [0.15, 0.2) is 0 Å². The second-order valence-corrected chi connectivity index (χ2v) is 4.32. The first-order valence-corrected chi connectivity index (χ1v) is 7.67. The molecule has 3 N–H and O–H groups in total. The van der Waals surface area contributed by atoms with Crippen LogP contribution in [0.4, 0.5) is 0 Å². The van der Waals surface area contributed by atoms with Crippen molar-refractivity contribution in [1.82, 2.24) is 0 Å². The topological polar surface area (TPSA) is 167 Å². The van der Waals surface area contributed by atoms with Crippen LogP contribution in [0.5, 0.6) is 0 Å². The molecule has 0 fully saturated rings. The Balaban J connectivity index is -0.000000152. The molecular formula is C15H30O12Y. The fraction of sp³-hybridized carbons (Fsp3) is 0.800. The maximum absolute atomic E-state index is 9.80. The van der Waals surface area contributed by atoms with Crippen LogP contribution in [0, 0.1) is 0 Å². The summed E-state index contributed by atoms with van der Waals surface area (Å²) in [6.45, 7) is 1.58. The van der Waals surface area contributed by atoms with E-state index in [2.05, 4.69) is 28.4 Å². The monoisotopic (exact) mass is 491 g/mol. The number of hydrogen-bond donors (Lipinski definition) is 3. The quantitative estimate of drug-likeness (QED) is 0.244. The molecule has 0 heterocycles. The summed E-state index contributed by atoms with van der Waals surface area (Å²) in [6.07, 6.45) is 0. The van der Waals surface area contributed by atoms with Crippen molar-refractivity contribution in [3.8, 4) is 0 Å². The number of carboxylic acid groups (broad SMARTS) is 3. The van der Waals surface area contributed by atoms with Crippen LogP contribution >= 0.6 is 0 Å². The number of aliphatic carboxylic acids is 3. The van der Waals surface area contributed by atoms with Crippen molar-refractivity contribution in [2.24, 2.45) is 0 Å². The van der Waals surface area contributed by atoms with Gasteiger partial charge in [0.25, 0.3) is 0 Å². The summed E-state index contributed by atoms with van der Waals surface area (Å²) in [5.74, 6) is -2.86. The number of ether oxygens (including phenoxy) is 6. The third kappa shape index (κ3) is 49.9. The molecule has 0 amide bonds. The average Bonchev–Trinajstić information content (AvgIpc) is 2.60. The van der Waals surface area contributed by atoms with Crippen molar-refractivity contribution in [2.45, 2.75) is 0 Å². The molecule has 0 aromatic heterocycles. The zero-order chi connectivity index (χ0) is 21.3. The SMILES string of the molecule is COCCOCC(=O)O.COCCOCC(=O)O.COCCOCC(=O)O.[Y]. The van der Waals surface area contributed by atoms with E-state index in [1.54, 1.807) is 0 Å². The Morgan fingerprint density at radius 3 is 0.893 bits per heavy atom. The van der Waals surface area contributed by atoms with Crippen molar-refractivity contribution in [3.05, 3.63) is 0 Å². The standard InChI is InChI=1S/3C5H10O4.Y/c3*1-8-2-3-9-4-5(6)7;/h3*2-4H2,1H3,(H,6,7);. The Kier molecular flexibility index (Phi) is 38.5. The van der Waals surface area contributed by atoms with Crippen LogP contribution in [-0.4, -0.2) is 114 Å².